The number of rotatable bonds is 2. The second-order valence-electron chi connectivity index (χ2n) is 2.40. The Labute approximate surface area is 74.0 Å². The molecule has 0 spiro atoms. The minimum atomic E-state index is -0.442. The van der Waals surface area contributed by atoms with Gasteiger partial charge in [-0.05, 0) is 30.8 Å². The molecule has 0 bridgehead atoms. The minimum Gasteiger partial charge on any atom is -0.330 e. The summed E-state index contributed by atoms with van der Waals surface area (Å²) >= 11 is 1.31. The van der Waals surface area contributed by atoms with Crippen molar-refractivity contribution in [3.05, 3.63) is 11.5 Å². The first kappa shape index (κ1) is 9.25. The lowest BCUT2D eigenvalue weighted by atomic mass is 10.3. The third-order valence-corrected chi connectivity index (χ3v) is 1.75. The molecule has 0 aliphatic heterocycles. The molecule has 3 nitrogen and oxygen atoms in total. The zero-order valence-electron chi connectivity index (χ0n) is 7.09. The predicted octanol–water partition coefficient (Wildman–Crippen LogP) is 2.51. The molecule has 0 aliphatic rings. The lowest BCUT2D eigenvalue weighted by molar-refractivity contribution is 0.385. The molecule has 1 heterocycles. The number of halogens is 1. The number of hydrogen-bond donors (Lipinski definition) is 0. The van der Waals surface area contributed by atoms with Gasteiger partial charge in [-0.15, -0.1) is 0 Å². The molecule has 1 rings (SSSR count). The molecule has 5 heteroatoms. The average Bonchev–Trinajstić information content (AvgIpc) is 2.50. The van der Waals surface area contributed by atoms with Gasteiger partial charge in [-0.1, -0.05) is 11.8 Å². The van der Waals surface area contributed by atoms with Crippen LogP contribution in [0.15, 0.2) is 15.3 Å². The minimum absolute atomic E-state index is 0.0423. The molecule has 1 aromatic heterocycles. The van der Waals surface area contributed by atoms with E-state index in [1.807, 2.05) is 0 Å². The first-order valence-electron chi connectivity index (χ1n) is 3.36. The summed E-state index contributed by atoms with van der Waals surface area (Å²) in [5.41, 5.74) is 0.534. The molecule has 0 amide bonds. The number of thioether (sulfide) groups is 1. The van der Waals surface area contributed by atoms with Crippen LogP contribution in [0.3, 0.4) is 0 Å². The summed E-state index contributed by atoms with van der Waals surface area (Å²) in [5, 5.41) is 3.99. The fourth-order valence-electron chi connectivity index (χ4n) is 0.596. The van der Waals surface area contributed by atoms with E-state index < -0.39 is 5.83 Å². The maximum Gasteiger partial charge on any atom is 0.287 e. The largest absolute Gasteiger partial charge is 0.330 e. The van der Waals surface area contributed by atoms with Gasteiger partial charge in [-0.25, -0.2) is 4.39 Å². The number of aromatic nitrogens is 2. The number of nitrogens with zero attached hydrogens (tertiary/aromatic N) is 2. The lowest BCUT2D eigenvalue weighted by Gasteiger charge is -1.89. The highest BCUT2D eigenvalue weighted by atomic mass is 32.2. The van der Waals surface area contributed by atoms with Gasteiger partial charge >= 0.3 is 0 Å². The van der Waals surface area contributed by atoms with Crippen LogP contribution in [0.5, 0.6) is 0 Å². The summed E-state index contributed by atoms with van der Waals surface area (Å²) in [5.74, 6) is -0.484. The van der Waals surface area contributed by atoms with Crippen molar-refractivity contribution in [3.8, 4) is 0 Å². The quantitative estimate of drug-likeness (QED) is 0.668. The van der Waals surface area contributed by atoms with E-state index in [2.05, 4.69) is 14.7 Å². The molecule has 0 unspecified atom stereocenters. The van der Waals surface area contributed by atoms with Crippen LogP contribution >= 0.6 is 11.8 Å². The third-order valence-electron chi connectivity index (χ3n) is 1.22. The Kier molecular flexibility index (Phi) is 2.86. The summed E-state index contributed by atoms with van der Waals surface area (Å²) in [6, 6.07) is 0. The smallest absolute Gasteiger partial charge is 0.287 e. The van der Waals surface area contributed by atoms with Gasteiger partial charge in [0.2, 0.25) is 5.16 Å². The van der Waals surface area contributed by atoms with Crippen molar-refractivity contribution in [2.75, 3.05) is 6.26 Å². The molecule has 0 saturated heterocycles. The van der Waals surface area contributed by atoms with Gasteiger partial charge in [0.15, 0.2) is 5.83 Å². The molecule has 0 aliphatic carbocycles. The molecular formula is C7H9FN2OS. The van der Waals surface area contributed by atoms with Gasteiger partial charge in [0.25, 0.3) is 5.89 Å². The van der Waals surface area contributed by atoms with Gasteiger partial charge in [0.05, 0.1) is 0 Å². The summed E-state index contributed by atoms with van der Waals surface area (Å²) in [7, 11) is 0. The Morgan fingerprint density at radius 1 is 1.50 bits per heavy atom. The van der Waals surface area contributed by atoms with E-state index >= 15 is 0 Å². The van der Waals surface area contributed by atoms with Gasteiger partial charge in [-0.2, -0.15) is 4.98 Å². The van der Waals surface area contributed by atoms with E-state index in [4.69, 9.17) is 0 Å². The van der Waals surface area contributed by atoms with Crippen molar-refractivity contribution >= 4 is 17.6 Å². The number of allylic oxidation sites excluding steroid dienone is 1. The highest BCUT2D eigenvalue weighted by Gasteiger charge is 2.11. The maximum atomic E-state index is 13.1. The van der Waals surface area contributed by atoms with Gasteiger partial charge < -0.3 is 4.52 Å². The fraction of sp³-hybridized carbons (Fsp3) is 0.429. The average molecular weight is 188 g/mol. The van der Waals surface area contributed by atoms with Gasteiger partial charge in [-0.3, -0.25) is 0 Å². The van der Waals surface area contributed by atoms with Crippen LogP contribution in [-0.4, -0.2) is 16.4 Å². The lowest BCUT2D eigenvalue weighted by Crippen LogP contribution is -1.80. The van der Waals surface area contributed by atoms with Crippen molar-refractivity contribution in [3.63, 3.8) is 0 Å². The van der Waals surface area contributed by atoms with E-state index in [1.165, 1.54) is 11.8 Å². The van der Waals surface area contributed by atoms with Crippen molar-refractivity contribution in [2.45, 2.75) is 19.0 Å². The van der Waals surface area contributed by atoms with E-state index in [-0.39, 0.29) is 5.89 Å². The van der Waals surface area contributed by atoms with Crippen LogP contribution in [0.4, 0.5) is 4.39 Å². The summed E-state index contributed by atoms with van der Waals surface area (Å²) in [6.45, 7) is 3.30. The fourth-order valence-corrected chi connectivity index (χ4v) is 0.882. The van der Waals surface area contributed by atoms with Gasteiger partial charge in [0, 0.05) is 0 Å². The molecule has 0 atom stereocenters. The highest BCUT2D eigenvalue weighted by Crippen LogP contribution is 2.20. The highest BCUT2D eigenvalue weighted by molar-refractivity contribution is 7.98. The summed E-state index contributed by atoms with van der Waals surface area (Å²) < 4.78 is 17.7. The molecule has 0 N–H and O–H groups in total. The van der Waals surface area contributed by atoms with Crippen LogP contribution < -0.4 is 0 Å². The van der Waals surface area contributed by atoms with E-state index in [0.29, 0.717) is 10.7 Å². The monoisotopic (exact) mass is 188 g/mol. The van der Waals surface area contributed by atoms with Crippen LogP contribution in [0.2, 0.25) is 0 Å². The second kappa shape index (κ2) is 3.71. The van der Waals surface area contributed by atoms with Gasteiger partial charge in [0.1, 0.15) is 0 Å². The van der Waals surface area contributed by atoms with E-state index in [9.17, 15) is 4.39 Å². The molecule has 12 heavy (non-hydrogen) atoms. The van der Waals surface area contributed by atoms with Crippen LogP contribution in [0, 0.1) is 0 Å². The van der Waals surface area contributed by atoms with Crippen LogP contribution in [0.25, 0.3) is 5.83 Å². The van der Waals surface area contributed by atoms with Crippen molar-refractivity contribution < 1.29 is 8.91 Å². The summed E-state index contributed by atoms with van der Waals surface area (Å²) in [6.07, 6.45) is 1.80. The first-order valence-corrected chi connectivity index (χ1v) is 4.58. The third kappa shape index (κ3) is 1.85. The topological polar surface area (TPSA) is 38.9 Å². The van der Waals surface area contributed by atoms with Crippen molar-refractivity contribution in [1.29, 1.82) is 0 Å². The normalized spacial score (nSPS) is 10.0. The maximum absolute atomic E-state index is 13.1. The second-order valence-corrected chi connectivity index (χ2v) is 3.17. The predicted molar refractivity (Wildman–Crippen MR) is 45.5 cm³/mol. The Hall–Kier alpha value is -0.840. The Bertz CT molecular complexity index is 304. The van der Waals surface area contributed by atoms with Crippen LogP contribution in [0.1, 0.15) is 19.7 Å². The Morgan fingerprint density at radius 2 is 2.17 bits per heavy atom. The zero-order valence-corrected chi connectivity index (χ0v) is 7.91. The van der Waals surface area contributed by atoms with E-state index in [0.717, 1.165) is 0 Å². The zero-order chi connectivity index (χ0) is 9.14. The molecule has 66 valence electrons. The SMILES string of the molecule is CSc1noc(C(F)=C(C)C)n1. The standard InChI is InChI=1S/C7H9FN2OS/c1-4(2)5(8)6-9-7(12-3)10-11-6/h1-3H3. The van der Waals surface area contributed by atoms with E-state index in [1.54, 1.807) is 20.1 Å². The molecule has 0 fully saturated rings. The Morgan fingerprint density at radius 3 is 2.58 bits per heavy atom. The first-order chi connectivity index (χ1) is 5.65. The molecule has 0 saturated carbocycles. The summed E-state index contributed by atoms with van der Waals surface area (Å²) in [4.78, 5) is 3.80. The molecule has 1 aromatic rings. The molecular weight excluding hydrogens is 179 g/mol. The molecule has 0 aromatic carbocycles. The van der Waals surface area contributed by atoms with Crippen molar-refractivity contribution in [1.82, 2.24) is 10.1 Å². The van der Waals surface area contributed by atoms with Crippen molar-refractivity contribution in [2.24, 2.45) is 0 Å². The van der Waals surface area contributed by atoms with Crippen LogP contribution in [-0.2, 0) is 0 Å². The number of hydrogen-bond acceptors (Lipinski definition) is 4. The Balaban J connectivity index is 2.97. The molecule has 0 radical (unpaired) electrons.